The van der Waals surface area contributed by atoms with Gasteiger partial charge in [-0.05, 0) is 75.1 Å². The lowest BCUT2D eigenvalue weighted by molar-refractivity contribution is 0.348. The second-order valence-corrected chi connectivity index (χ2v) is 7.04. The third-order valence-electron chi connectivity index (χ3n) is 5.24. The van der Waals surface area contributed by atoms with Gasteiger partial charge in [0.15, 0.2) is 0 Å². The van der Waals surface area contributed by atoms with Crippen molar-refractivity contribution in [3.05, 3.63) is 60.4 Å². The molecule has 1 aliphatic rings. The Balaban J connectivity index is 1.44. The molecule has 130 valence electrons. The summed E-state index contributed by atoms with van der Waals surface area (Å²) in [5.74, 6) is 0.757. The maximum Gasteiger partial charge on any atom is 0.100 e. The number of rotatable bonds is 5. The van der Waals surface area contributed by atoms with Crippen LogP contribution in [0.3, 0.4) is 0 Å². The van der Waals surface area contributed by atoms with Crippen LogP contribution in [0.25, 0.3) is 16.7 Å². The number of benzene rings is 2. The Labute approximate surface area is 149 Å². The summed E-state index contributed by atoms with van der Waals surface area (Å²) in [5.41, 5.74) is 4.66. The van der Waals surface area contributed by atoms with E-state index < -0.39 is 0 Å². The second-order valence-electron chi connectivity index (χ2n) is 7.04. The molecule has 0 amide bonds. The van der Waals surface area contributed by atoms with Crippen LogP contribution in [0.1, 0.15) is 31.4 Å². The fraction of sp³-hybridized carbons (Fsp3) is 0.381. The lowest BCUT2D eigenvalue weighted by Gasteiger charge is -2.25. The standard InChI is InChI=1S/C21H26N4/c1-16(23-14-17-5-4-12-22-13-17)18-8-10-19(11-9-18)25-15-24-20-6-2-3-7-21(20)25/h2-3,6-11,15-17,22-23H,4-5,12-14H2,1H3. The van der Waals surface area contributed by atoms with Gasteiger partial charge in [-0.2, -0.15) is 0 Å². The van der Waals surface area contributed by atoms with E-state index in [0.717, 1.165) is 35.7 Å². The monoisotopic (exact) mass is 334 g/mol. The molecule has 2 N–H and O–H groups in total. The van der Waals surface area contributed by atoms with Gasteiger partial charge in [0.2, 0.25) is 0 Å². The fourth-order valence-corrected chi connectivity index (χ4v) is 3.65. The Morgan fingerprint density at radius 1 is 1.20 bits per heavy atom. The van der Waals surface area contributed by atoms with Crippen molar-refractivity contribution in [1.29, 1.82) is 0 Å². The van der Waals surface area contributed by atoms with E-state index in [0.29, 0.717) is 6.04 Å². The first kappa shape index (κ1) is 16.3. The van der Waals surface area contributed by atoms with Gasteiger partial charge >= 0.3 is 0 Å². The smallest absolute Gasteiger partial charge is 0.100 e. The highest BCUT2D eigenvalue weighted by Gasteiger charge is 2.14. The van der Waals surface area contributed by atoms with Crippen LogP contribution < -0.4 is 10.6 Å². The summed E-state index contributed by atoms with van der Waals surface area (Å²) in [5, 5.41) is 7.18. The van der Waals surface area contributed by atoms with Crippen molar-refractivity contribution in [2.75, 3.05) is 19.6 Å². The lowest BCUT2D eigenvalue weighted by Crippen LogP contribution is -2.36. The lowest BCUT2D eigenvalue weighted by atomic mass is 9.99. The average Bonchev–Trinajstić information content (AvgIpc) is 3.11. The molecule has 2 heterocycles. The first-order valence-electron chi connectivity index (χ1n) is 9.28. The van der Waals surface area contributed by atoms with Gasteiger partial charge < -0.3 is 10.6 Å². The molecule has 0 aliphatic carbocycles. The molecule has 2 atom stereocenters. The van der Waals surface area contributed by atoms with Gasteiger partial charge in [-0.3, -0.25) is 4.57 Å². The number of para-hydroxylation sites is 2. The highest BCUT2D eigenvalue weighted by molar-refractivity contribution is 5.77. The number of fused-ring (bicyclic) bond motifs is 1. The van der Waals surface area contributed by atoms with Crippen molar-refractivity contribution < 1.29 is 0 Å². The summed E-state index contributed by atoms with van der Waals surface area (Å²) in [6, 6.07) is 17.4. The topological polar surface area (TPSA) is 41.9 Å². The predicted octanol–water partition coefficient (Wildman–Crippen LogP) is 3.68. The predicted molar refractivity (Wildman–Crippen MR) is 103 cm³/mol. The number of nitrogens with one attached hydrogen (secondary N) is 2. The zero-order valence-electron chi connectivity index (χ0n) is 14.8. The first-order chi connectivity index (χ1) is 12.3. The molecule has 0 spiro atoms. The van der Waals surface area contributed by atoms with Gasteiger partial charge in [-0.25, -0.2) is 4.98 Å². The number of imidazole rings is 1. The maximum atomic E-state index is 4.48. The number of aromatic nitrogens is 2. The molecule has 25 heavy (non-hydrogen) atoms. The Bertz CT molecular complexity index is 815. The van der Waals surface area contributed by atoms with E-state index in [-0.39, 0.29) is 0 Å². The Morgan fingerprint density at radius 2 is 2.04 bits per heavy atom. The van der Waals surface area contributed by atoms with Crippen molar-refractivity contribution >= 4 is 11.0 Å². The summed E-state index contributed by atoms with van der Waals surface area (Å²) >= 11 is 0. The molecule has 4 rings (SSSR count). The molecular weight excluding hydrogens is 308 g/mol. The summed E-state index contributed by atoms with van der Waals surface area (Å²) in [4.78, 5) is 4.48. The minimum atomic E-state index is 0.371. The van der Waals surface area contributed by atoms with Crippen LogP contribution >= 0.6 is 0 Å². The third kappa shape index (κ3) is 3.60. The van der Waals surface area contributed by atoms with Gasteiger partial charge in [-0.1, -0.05) is 24.3 Å². The molecule has 1 fully saturated rings. The summed E-state index contributed by atoms with van der Waals surface area (Å²) in [6.45, 7) is 5.66. The second kappa shape index (κ2) is 7.38. The Hall–Kier alpha value is -2.17. The van der Waals surface area contributed by atoms with E-state index >= 15 is 0 Å². The molecule has 4 heteroatoms. The van der Waals surface area contributed by atoms with E-state index in [1.54, 1.807) is 0 Å². The third-order valence-corrected chi connectivity index (χ3v) is 5.24. The fourth-order valence-electron chi connectivity index (χ4n) is 3.65. The van der Waals surface area contributed by atoms with Crippen LogP contribution in [0.5, 0.6) is 0 Å². The summed E-state index contributed by atoms with van der Waals surface area (Å²) < 4.78 is 2.14. The van der Waals surface area contributed by atoms with Crippen LogP contribution in [0.15, 0.2) is 54.9 Å². The van der Waals surface area contributed by atoms with Gasteiger partial charge in [-0.15, -0.1) is 0 Å². The van der Waals surface area contributed by atoms with E-state index in [4.69, 9.17) is 0 Å². The number of nitrogens with zero attached hydrogens (tertiary/aromatic N) is 2. The molecule has 3 aromatic rings. The molecule has 0 bridgehead atoms. The highest BCUT2D eigenvalue weighted by atomic mass is 15.0. The van der Waals surface area contributed by atoms with Crippen molar-refractivity contribution in [2.24, 2.45) is 5.92 Å². The molecule has 2 unspecified atom stereocenters. The molecule has 1 saturated heterocycles. The van der Waals surface area contributed by atoms with Crippen molar-refractivity contribution in [3.8, 4) is 5.69 Å². The van der Waals surface area contributed by atoms with E-state index in [1.807, 2.05) is 18.5 Å². The zero-order valence-corrected chi connectivity index (χ0v) is 14.8. The number of piperidine rings is 1. The molecule has 2 aromatic carbocycles. The molecule has 0 radical (unpaired) electrons. The quantitative estimate of drug-likeness (QED) is 0.748. The Morgan fingerprint density at radius 3 is 2.84 bits per heavy atom. The van der Waals surface area contributed by atoms with Gasteiger partial charge in [0.1, 0.15) is 6.33 Å². The largest absolute Gasteiger partial charge is 0.316 e. The maximum absolute atomic E-state index is 4.48. The molecule has 0 saturated carbocycles. The van der Waals surface area contributed by atoms with Gasteiger partial charge in [0, 0.05) is 11.7 Å². The van der Waals surface area contributed by atoms with E-state index in [1.165, 1.54) is 24.9 Å². The summed E-state index contributed by atoms with van der Waals surface area (Å²) in [6.07, 6.45) is 4.53. The first-order valence-corrected chi connectivity index (χ1v) is 9.28. The van der Waals surface area contributed by atoms with Crippen molar-refractivity contribution in [2.45, 2.75) is 25.8 Å². The highest BCUT2D eigenvalue weighted by Crippen LogP contribution is 2.20. The molecule has 4 nitrogen and oxygen atoms in total. The number of hydrogen-bond acceptors (Lipinski definition) is 3. The van der Waals surface area contributed by atoms with Gasteiger partial charge in [0.25, 0.3) is 0 Å². The average molecular weight is 334 g/mol. The number of hydrogen-bond donors (Lipinski definition) is 2. The zero-order chi connectivity index (χ0) is 17.1. The normalized spacial score (nSPS) is 19.2. The van der Waals surface area contributed by atoms with Gasteiger partial charge in [0.05, 0.1) is 11.0 Å². The molecule has 1 aliphatic heterocycles. The molecule has 1 aromatic heterocycles. The minimum Gasteiger partial charge on any atom is -0.316 e. The minimum absolute atomic E-state index is 0.371. The molecular formula is C21H26N4. The SMILES string of the molecule is CC(NCC1CCCNC1)c1ccc(-n2cnc3ccccc32)cc1. The van der Waals surface area contributed by atoms with Crippen molar-refractivity contribution in [3.63, 3.8) is 0 Å². The van der Waals surface area contributed by atoms with Crippen LogP contribution in [-0.2, 0) is 0 Å². The van der Waals surface area contributed by atoms with E-state index in [2.05, 4.69) is 63.5 Å². The summed E-state index contributed by atoms with van der Waals surface area (Å²) in [7, 11) is 0. The van der Waals surface area contributed by atoms with Crippen molar-refractivity contribution in [1.82, 2.24) is 20.2 Å². The van der Waals surface area contributed by atoms with Crippen LogP contribution in [-0.4, -0.2) is 29.2 Å². The van der Waals surface area contributed by atoms with Crippen LogP contribution in [0.2, 0.25) is 0 Å². The van der Waals surface area contributed by atoms with Crippen LogP contribution in [0.4, 0.5) is 0 Å². The van der Waals surface area contributed by atoms with E-state index in [9.17, 15) is 0 Å². The Kier molecular flexibility index (Phi) is 4.81. The van der Waals surface area contributed by atoms with Crippen LogP contribution in [0, 0.1) is 5.92 Å².